The van der Waals surface area contributed by atoms with E-state index in [1.54, 1.807) is 0 Å². The van der Waals surface area contributed by atoms with Crippen molar-refractivity contribution in [3.63, 3.8) is 0 Å². The third kappa shape index (κ3) is 15.6. The number of hydrogen-bond acceptors (Lipinski definition) is 12. The van der Waals surface area contributed by atoms with E-state index in [0.717, 1.165) is 22.3 Å². The van der Waals surface area contributed by atoms with E-state index in [9.17, 15) is 28.8 Å². The Labute approximate surface area is 305 Å². The molecule has 0 heterocycles. The summed E-state index contributed by atoms with van der Waals surface area (Å²) in [6, 6.07) is 16.1. The number of hydrogen-bond donors (Lipinski definition) is 6. The molecule has 1 aliphatic carbocycles. The van der Waals surface area contributed by atoms with Gasteiger partial charge in [0.15, 0.2) is 0 Å². The number of carboxylic acids is 3. The molecule has 6 N–H and O–H groups in total. The van der Waals surface area contributed by atoms with E-state index in [0.29, 0.717) is 0 Å². The molecule has 2 aromatic rings. The molecule has 0 aromatic heterocycles. The Hall–Kier alpha value is -5.14. The molecule has 290 valence electrons. The monoisotopic (exact) mass is 747 g/mol. The van der Waals surface area contributed by atoms with E-state index in [1.807, 2.05) is 36.4 Å². The van der Waals surface area contributed by atoms with Gasteiger partial charge in [-0.3, -0.25) is 9.59 Å². The first kappa shape index (κ1) is 42.3. The van der Waals surface area contributed by atoms with Crippen molar-refractivity contribution in [1.82, 2.24) is 16.0 Å². The predicted molar refractivity (Wildman–Crippen MR) is 183 cm³/mol. The molecule has 0 aliphatic heterocycles. The van der Waals surface area contributed by atoms with Gasteiger partial charge in [-0.05, 0) is 22.3 Å². The number of carbonyl (C=O) groups is 6. The Bertz CT molecular complexity index is 1440. The number of ether oxygens (including phenoxy) is 6. The number of carboxylic acid groups (broad SMARTS) is 3. The minimum atomic E-state index is -1.65. The van der Waals surface area contributed by atoms with Crippen LogP contribution in [0.3, 0.4) is 0 Å². The van der Waals surface area contributed by atoms with E-state index in [-0.39, 0.29) is 64.9 Å². The van der Waals surface area contributed by atoms with Crippen LogP contribution in [0.5, 0.6) is 0 Å². The zero-order chi connectivity index (χ0) is 38.5. The van der Waals surface area contributed by atoms with Gasteiger partial charge in [-0.15, -0.1) is 0 Å². The van der Waals surface area contributed by atoms with Crippen molar-refractivity contribution in [2.24, 2.45) is 0 Å². The number of fused-ring (bicyclic) bond motifs is 3. The fourth-order valence-electron chi connectivity index (χ4n) is 5.37. The van der Waals surface area contributed by atoms with Gasteiger partial charge in [0.2, 0.25) is 11.8 Å². The number of benzene rings is 2. The average molecular weight is 748 g/mol. The Morgan fingerprint density at radius 3 is 1.53 bits per heavy atom. The first-order chi connectivity index (χ1) is 25.5. The van der Waals surface area contributed by atoms with Crippen LogP contribution < -0.4 is 16.0 Å². The molecule has 0 radical (unpaired) electrons. The quantitative estimate of drug-likeness (QED) is 0.0685. The van der Waals surface area contributed by atoms with E-state index in [2.05, 4.69) is 28.1 Å². The van der Waals surface area contributed by atoms with E-state index in [4.69, 9.17) is 43.7 Å². The highest BCUT2D eigenvalue weighted by Gasteiger charge is 2.35. The summed E-state index contributed by atoms with van der Waals surface area (Å²) >= 11 is 0. The molecule has 2 aromatic carbocycles. The molecule has 0 saturated heterocycles. The van der Waals surface area contributed by atoms with Crippen LogP contribution in [-0.4, -0.2) is 142 Å². The smallest absolute Gasteiger partial charge is 0.407 e. The Balaban J connectivity index is 1.26. The molecule has 53 heavy (non-hydrogen) atoms. The molecule has 0 saturated carbocycles. The van der Waals surface area contributed by atoms with Gasteiger partial charge in [0.25, 0.3) is 0 Å². The largest absolute Gasteiger partial charge is 0.480 e. The zero-order valence-electron chi connectivity index (χ0n) is 29.0. The number of alkyl carbamates (subject to hydrolysis) is 1. The summed E-state index contributed by atoms with van der Waals surface area (Å²) in [7, 11) is 0. The van der Waals surface area contributed by atoms with E-state index in [1.165, 1.54) is 0 Å². The normalized spacial score (nSPS) is 12.0. The second-order valence-corrected chi connectivity index (χ2v) is 11.8. The van der Waals surface area contributed by atoms with Crippen LogP contribution in [0.4, 0.5) is 4.79 Å². The minimum absolute atomic E-state index is 0.0352. The maximum Gasteiger partial charge on any atom is 0.407 e. The van der Waals surface area contributed by atoms with Gasteiger partial charge in [-0.25, -0.2) is 19.2 Å². The fourth-order valence-corrected chi connectivity index (χ4v) is 5.37. The van der Waals surface area contributed by atoms with Gasteiger partial charge in [-0.1, -0.05) is 48.5 Å². The lowest BCUT2D eigenvalue weighted by Crippen LogP contribution is -2.59. The molecular weight excluding hydrogens is 702 g/mol. The van der Waals surface area contributed by atoms with Gasteiger partial charge in [0.1, 0.15) is 32.0 Å². The Kier molecular flexibility index (Phi) is 18.1. The molecule has 0 unspecified atom stereocenters. The second-order valence-electron chi connectivity index (χ2n) is 11.8. The van der Waals surface area contributed by atoms with E-state index < -0.39 is 81.0 Å². The summed E-state index contributed by atoms with van der Waals surface area (Å²) < 4.78 is 31.6. The summed E-state index contributed by atoms with van der Waals surface area (Å²) in [5, 5.41) is 34.4. The van der Waals surface area contributed by atoms with Crippen molar-refractivity contribution in [2.75, 3.05) is 85.8 Å². The lowest BCUT2D eigenvalue weighted by molar-refractivity contribution is -0.148. The number of nitrogens with one attached hydrogen (secondary N) is 3. The summed E-state index contributed by atoms with van der Waals surface area (Å²) in [6.07, 6.45) is -1.12. The molecule has 0 bridgehead atoms. The average Bonchev–Trinajstić information content (AvgIpc) is 3.43. The number of carbonyl (C=O) groups excluding carboxylic acids is 3. The van der Waals surface area contributed by atoms with Crippen molar-refractivity contribution in [1.29, 1.82) is 0 Å². The third-order valence-electron chi connectivity index (χ3n) is 7.60. The summed E-state index contributed by atoms with van der Waals surface area (Å²) in [6.45, 7) is -2.43. The molecular formula is C35H45N3O15. The molecule has 3 rings (SSSR count). The maximum atomic E-state index is 12.7. The third-order valence-corrected chi connectivity index (χ3v) is 7.60. The van der Waals surface area contributed by atoms with Crippen molar-refractivity contribution in [3.8, 4) is 11.1 Å². The van der Waals surface area contributed by atoms with Crippen LogP contribution in [0.2, 0.25) is 0 Å². The molecule has 1 aliphatic rings. The van der Waals surface area contributed by atoms with Crippen LogP contribution in [0, 0.1) is 0 Å². The first-order valence-electron chi connectivity index (χ1n) is 16.7. The van der Waals surface area contributed by atoms with Gasteiger partial charge in [-0.2, -0.15) is 0 Å². The van der Waals surface area contributed by atoms with E-state index >= 15 is 0 Å². The van der Waals surface area contributed by atoms with Crippen molar-refractivity contribution in [3.05, 3.63) is 59.7 Å². The van der Waals surface area contributed by atoms with Crippen molar-refractivity contribution < 1.29 is 72.5 Å². The van der Waals surface area contributed by atoms with Gasteiger partial charge >= 0.3 is 24.0 Å². The zero-order valence-corrected chi connectivity index (χ0v) is 29.0. The van der Waals surface area contributed by atoms with Crippen molar-refractivity contribution in [2.45, 2.75) is 24.3 Å². The maximum absolute atomic E-state index is 12.7. The van der Waals surface area contributed by atoms with Gasteiger partial charge < -0.3 is 59.7 Å². The van der Waals surface area contributed by atoms with Gasteiger partial charge in [0, 0.05) is 31.8 Å². The molecule has 0 fully saturated rings. The lowest BCUT2D eigenvalue weighted by Gasteiger charge is -2.33. The Morgan fingerprint density at radius 2 is 1.04 bits per heavy atom. The summed E-state index contributed by atoms with van der Waals surface area (Å²) in [5.41, 5.74) is 2.89. The topological polar surface area (TPSA) is 255 Å². The number of rotatable bonds is 27. The van der Waals surface area contributed by atoms with Gasteiger partial charge in [0.05, 0.1) is 46.2 Å². The molecule has 0 atom stereocenters. The van der Waals surface area contributed by atoms with Crippen LogP contribution >= 0.6 is 0 Å². The standard InChI is InChI=1S/C35H45N3O15/c39-29(9-10-30(40)38-35(21-50-18-31(41)42,22-51-19-32(43)44)23-52-20-33(45)46)36-11-13-48-15-16-49-14-12-37-34(47)53-17-28-26-7-3-1-5-24(26)25-6-2-4-8-27(25)28/h1-8,28H,9-23H2,(H,36,39)(H,37,47)(H,38,40)(H,41,42)(H,43,44)(H,45,46). The van der Waals surface area contributed by atoms with Crippen LogP contribution in [0.15, 0.2) is 48.5 Å². The minimum Gasteiger partial charge on any atom is -0.480 e. The fraction of sp³-hybridized carbons (Fsp3) is 0.486. The second kappa shape index (κ2) is 22.7. The molecule has 3 amide bonds. The summed E-state index contributed by atoms with van der Waals surface area (Å²) in [5.74, 6) is -5.19. The Morgan fingerprint density at radius 1 is 0.585 bits per heavy atom. The lowest BCUT2D eigenvalue weighted by atomic mass is 9.98. The highest BCUT2D eigenvalue weighted by molar-refractivity contribution is 5.84. The highest BCUT2D eigenvalue weighted by atomic mass is 16.6. The summed E-state index contributed by atoms with van der Waals surface area (Å²) in [4.78, 5) is 69.9. The molecule has 0 spiro atoms. The van der Waals surface area contributed by atoms with Crippen molar-refractivity contribution >= 4 is 35.8 Å². The number of aliphatic carboxylic acids is 3. The molecule has 18 nitrogen and oxygen atoms in total. The number of amides is 3. The highest BCUT2D eigenvalue weighted by Crippen LogP contribution is 2.44. The SMILES string of the molecule is O=C(O)COCC(COCC(=O)O)(COCC(=O)O)NC(=O)CCC(=O)NCCOCCOCCNC(=O)OCC1c2ccccc2-c2ccccc21. The first-order valence-corrected chi connectivity index (χ1v) is 16.7. The van der Waals surface area contributed by atoms with Crippen LogP contribution in [-0.2, 0) is 52.4 Å². The molecule has 18 heteroatoms. The predicted octanol–water partition coefficient (Wildman–Crippen LogP) is 0.613. The van der Waals surface area contributed by atoms with Crippen LogP contribution in [0.1, 0.15) is 29.9 Å². The van der Waals surface area contributed by atoms with Crippen LogP contribution in [0.25, 0.3) is 11.1 Å².